The predicted octanol–water partition coefficient (Wildman–Crippen LogP) is 8.92. The third-order valence-electron chi connectivity index (χ3n) is 7.63. The number of aryl methyl sites for hydroxylation is 6. The van der Waals surface area contributed by atoms with Gasteiger partial charge in [0.25, 0.3) is 0 Å². The van der Waals surface area contributed by atoms with Gasteiger partial charge in [-0.25, -0.2) is 9.13 Å². The monoisotopic (exact) mass is 551 g/mol. The van der Waals surface area contributed by atoms with Gasteiger partial charge in [-0.2, -0.15) is 0 Å². The highest BCUT2D eigenvalue weighted by Crippen LogP contribution is 2.28. The summed E-state index contributed by atoms with van der Waals surface area (Å²) < 4.78 is 26.7. The molecule has 0 radical (unpaired) electrons. The second-order valence-electron chi connectivity index (χ2n) is 10.9. The zero-order valence-corrected chi connectivity index (χ0v) is 25.1. The van der Waals surface area contributed by atoms with Crippen LogP contribution in [0, 0.1) is 27.6 Å². The van der Waals surface area contributed by atoms with Crippen molar-refractivity contribution in [2.45, 2.75) is 27.6 Å². The van der Waals surface area contributed by atoms with Crippen molar-refractivity contribution in [2.75, 3.05) is 0 Å². The van der Waals surface area contributed by atoms with E-state index >= 15 is 0 Å². The van der Waals surface area contributed by atoms with Gasteiger partial charge in [-0.3, -0.25) is 0 Å². The van der Waals surface area contributed by atoms with E-state index in [4.69, 9.17) is 4.11 Å². The number of hydrogen-bond donors (Lipinski definition) is 0. The molecule has 42 heavy (non-hydrogen) atoms. The molecule has 0 aliphatic rings. The Morgan fingerprint density at radius 1 is 0.452 bits per heavy atom. The van der Waals surface area contributed by atoms with E-state index < -0.39 is 6.85 Å². The maximum atomic E-state index is 7.53. The minimum atomic E-state index is -2.08. The largest absolute Gasteiger partial charge is 0.212 e. The number of pyridine rings is 2. The molecule has 0 fully saturated rings. The minimum absolute atomic E-state index is 0.354. The highest BCUT2D eigenvalue weighted by atomic mass is 14.9. The Hall–Kier alpha value is -4.82. The fourth-order valence-electron chi connectivity index (χ4n) is 5.44. The summed E-state index contributed by atoms with van der Waals surface area (Å²) in [5.74, 6) is 0. The molecule has 0 N–H and O–H groups in total. The van der Waals surface area contributed by atoms with Crippen molar-refractivity contribution < 1.29 is 13.2 Å². The lowest BCUT2D eigenvalue weighted by atomic mass is 9.98. The Bertz CT molecular complexity index is 1930. The summed E-state index contributed by atoms with van der Waals surface area (Å²) >= 11 is 0. The molecule has 0 atom stereocenters. The van der Waals surface area contributed by atoms with Gasteiger partial charge in [-0.15, -0.1) is 0 Å². The van der Waals surface area contributed by atoms with Gasteiger partial charge in [-0.05, 0) is 85.3 Å². The maximum Gasteiger partial charge on any atom is 0.212 e. The first-order valence-corrected chi connectivity index (χ1v) is 14.3. The Kier molecular flexibility index (Phi) is 7.59. The van der Waals surface area contributed by atoms with Crippen molar-refractivity contribution >= 4 is 0 Å². The molecule has 2 heteroatoms. The van der Waals surface area contributed by atoms with Crippen LogP contribution in [0.2, 0.25) is 0 Å². The van der Waals surface area contributed by atoms with Crippen molar-refractivity contribution in [1.82, 2.24) is 0 Å². The maximum absolute atomic E-state index is 7.53. The van der Waals surface area contributed by atoms with Crippen LogP contribution in [0.25, 0.3) is 44.8 Å². The first-order chi connectivity index (χ1) is 21.5. The lowest BCUT2D eigenvalue weighted by Gasteiger charge is -2.08. The molecule has 0 saturated carbocycles. The van der Waals surface area contributed by atoms with Gasteiger partial charge in [0.2, 0.25) is 11.4 Å². The van der Waals surface area contributed by atoms with Crippen molar-refractivity contribution in [3.05, 3.63) is 156 Å². The van der Waals surface area contributed by atoms with Gasteiger partial charge in [0.05, 0.1) is 0 Å². The summed E-state index contributed by atoms with van der Waals surface area (Å²) in [6, 6.07) is 41.8. The van der Waals surface area contributed by atoms with Gasteiger partial charge in [0.1, 0.15) is 14.1 Å². The molecule has 0 unspecified atom stereocenters. The molecule has 0 bridgehead atoms. The average Bonchev–Trinajstić information content (AvgIpc) is 3.02. The Labute approximate surface area is 255 Å². The van der Waals surface area contributed by atoms with Gasteiger partial charge in [0, 0.05) is 38.5 Å². The van der Waals surface area contributed by atoms with Crippen LogP contribution in [0.3, 0.4) is 0 Å². The Morgan fingerprint density at radius 2 is 0.881 bits per heavy atom. The van der Waals surface area contributed by atoms with Crippen LogP contribution in [0.1, 0.15) is 26.4 Å². The molecule has 2 nitrogen and oxygen atoms in total. The topological polar surface area (TPSA) is 7.76 Å². The van der Waals surface area contributed by atoms with Gasteiger partial charge in [-0.1, -0.05) is 84.9 Å². The molecule has 0 aliphatic heterocycles. The third kappa shape index (κ3) is 6.56. The number of benzene rings is 4. The molecule has 6 rings (SSSR count). The molecule has 2 aromatic heterocycles. The average molecular weight is 552 g/mol. The lowest BCUT2D eigenvalue weighted by Crippen LogP contribution is -2.31. The lowest BCUT2D eigenvalue weighted by molar-refractivity contribution is -0.660. The predicted molar refractivity (Wildman–Crippen MR) is 176 cm³/mol. The highest BCUT2D eigenvalue weighted by Gasteiger charge is 2.14. The highest BCUT2D eigenvalue weighted by molar-refractivity contribution is 5.72. The van der Waals surface area contributed by atoms with Crippen LogP contribution in [0.15, 0.2) is 134 Å². The Balaban J connectivity index is 0.000000179. The molecule has 0 aliphatic carbocycles. The number of rotatable bonds is 4. The van der Waals surface area contributed by atoms with E-state index in [1.54, 1.807) is 12.3 Å². The van der Waals surface area contributed by atoms with Crippen LogP contribution >= 0.6 is 0 Å². The second kappa shape index (κ2) is 12.8. The van der Waals surface area contributed by atoms with E-state index in [0.29, 0.717) is 5.56 Å². The van der Waals surface area contributed by atoms with Crippen molar-refractivity contribution in [3.8, 4) is 44.8 Å². The summed E-state index contributed by atoms with van der Waals surface area (Å²) in [4.78, 5) is 0. The molecule has 0 amide bonds. The van der Waals surface area contributed by atoms with Gasteiger partial charge < -0.3 is 0 Å². The van der Waals surface area contributed by atoms with Crippen molar-refractivity contribution in [3.63, 3.8) is 0 Å². The molecule has 0 saturated heterocycles. The van der Waals surface area contributed by atoms with Crippen LogP contribution in [0.4, 0.5) is 0 Å². The summed E-state index contributed by atoms with van der Waals surface area (Å²) in [5.41, 5.74) is 13.6. The van der Waals surface area contributed by atoms with E-state index in [0.717, 1.165) is 16.8 Å². The molecule has 2 heterocycles. The van der Waals surface area contributed by atoms with Crippen molar-refractivity contribution in [1.29, 1.82) is 0 Å². The smallest absolute Gasteiger partial charge is 0.201 e. The van der Waals surface area contributed by atoms with E-state index in [2.05, 4.69) is 130 Å². The van der Waals surface area contributed by atoms with E-state index in [-0.39, 0.29) is 0 Å². The fourth-order valence-corrected chi connectivity index (χ4v) is 5.44. The van der Waals surface area contributed by atoms with Gasteiger partial charge >= 0.3 is 0 Å². The molecule has 4 aromatic carbocycles. The molecule has 6 aromatic rings. The summed E-state index contributed by atoms with van der Waals surface area (Å²) in [6.45, 7) is 4.30. The number of aromatic nitrogens is 2. The molecular formula is C40H40N2+2. The van der Waals surface area contributed by atoms with E-state index in [1.165, 1.54) is 44.6 Å². The fraction of sp³-hybridized carbons (Fsp3) is 0.150. The Morgan fingerprint density at radius 3 is 1.29 bits per heavy atom. The standard InChI is InChI=1S/2C20H20N/c2*1-15-9-12-20(21(3)14-15)19-11-10-18(13-16(19)2)17-7-5-4-6-8-17/h2*4-14H,1-3H3/q2*+1/i1D3;. The zero-order chi connectivity index (χ0) is 32.1. The van der Waals surface area contributed by atoms with Crippen LogP contribution in [-0.4, -0.2) is 0 Å². The minimum Gasteiger partial charge on any atom is -0.201 e. The first-order valence-electron chi connectivity index (χ1n) is 15.8. The first kappa shape index (κ1) is 24.9. The van der Waals surface area contributed by atoms with E-state index in [1.807, 2.05) is 35.9 Å². The second-order valence-corrected chi connectivity index (χ2v) is 10.9. The normalized spacial score (nSPS) is 12.0. The van der Waals surface area contributed by atoms with Crippen LogP contribution in [0.5, 0.6) is 0 Å². The summed E-state index contributed by atoms with van der Waals surface area (Å²) in [5, 5.41) is 0. The van der Waals surface area contributed by atoms with Crippen LogP contribution < -0.4 is 9.13 Å². The number of nitrogens with zero attached hydrogens (tertiary/aromatic N) is 2. The van der Waals surface area contributed by atoms with E-state index in [9.17, 15) is 0 Å². The quantitative estimate of drug-likeness (QED) is 0.193. The molecule has 208 valence electrons. The van der Waals surface area contributed by atoms with Crippen LogP contribution in [-0.2, 0) is 14.1 Å². The third-order valence-corrected chi connectivity index (χ3v) is 7.63. The summed E-state index contributed by atoms with van der Waals surface area (Å²) in [6.07, 6.45) is 3.85. The SMILES string of the molecule is Cc1ccc(-c2ccc(-c3ccccc3)cc2C)[n+](C)c1.[2H]C([2H])([2H])c1ccc(-c2ccc(-c3ccccc3)cc2C)[n+](C)c1. The van der Waals surface area contributed by atoms with Crippen molar-refractivity contribution in [2.24, 2.45) is 14.1 Å². The summed E-state index contributed by atoms with van der Waals surface area (Å²) in [7, 11) is 3.99. The molecule has 0 spiro atoms. The van der Waals surface area contributed by atoms with Gasteiger partial charge in [0.15, 0.2) is 12.4 Å². The zero-order valence-electron chi connectivity index (χ0n) is 28.1. The number of hydrogen-bond acceptors (Lipinski definition) is 0. The molecular weight excluding hydrogens is 508 g/mol.